The van der Waals surface area contributed by atoms with Crippen molar-refractivity contribution in [3.8, 4) is 11.5 Å². The average Bonchev–Trinajstić information content (AvgIpc) is 2.96. The Morgan fingerprint density at radius 2 is 2.00 bits per heavy atom. The summed E-state index contributed by atoms with van der Waals surface area (Å²) in [5.74, 6) is 2.60. The molecule has 22 heavy (non-hydrogen) atoms. The molecule has 0 unspecified atom stereocenters. The summed E-state index contributed by atoms with van der Waals surface area (Å²) >= 11 is 0. The first-order chi connectivity index (χ1) is 10.7. The molecule has 0 aliphatic rings. The number of benzene rings is 1. The minimum Gasteiger partial charge on any atom is -0.497 e. The van der Waals surface area contributed by atoms with Gasteiger partial charge in [0.05, 0.1) is 20.2 Å². The third-order valence-electron chi connectivity index (χ3n) is 2.81. The number of nitrogens with one attached hydrogen (secondary N) is 2. The monoisotopic (exact) mass is 305 g/mol. The van der Waals surface area contributed by atoms with Crippen LogP contribution >= 0.6 is 0 Å². The van der Waals surface area contributed by atoms with E-state index in [9.17, 15) is 4.79 Å². The van der Waals surface area contributed by atoms with E-state index in [1.54, 1.807) is 20.1 Å². The quantitative estimate of drug-likeness (QED) is 0.721. The topological polar surface area (TPSA) is 85.6 Å². The fourth-order valence-electron chi connectivity index (χ4n) is 1.71. The molecule has 0 bridgehead atoms. The Morgan fingerprint density at radius 1 is 1.27 bits per heavy atom. The molecule has 1 aromatic heterocycles. The number of ether oxygens (including phenoxy) is 2. The third kappa shape index (κ3) is 5.01. The van der Waals surface area contributed by atoms with Crippen LogP contribution in [0, 0.1) is 6.92 Å². The van der Waals surface area contributed by atoms with Crippen LogP contribution in [0.5, 0.6) is 11.5 Å². The normalized spacial score (nSPS) is 10.1. The average molecular weight is 305 g/mol. The number of rotatable bonds is 8. The Morgan fingerprint density at radius 3 is 2.64 bits per heavy atom. The zero-order chi connectivity index (χ0) is 15.8. The van der Waals surface area contributed by atoms with Crippen molar-refractivity contribution in [1.29, 1.82) is 0 Å². The number of carbonyl (C=O) groups is 1. The maximum absolute atomic E-state index is 11.6. The predicted molar refractivity (Wildman–Crippen MR) is 81.2 cm³/mol. The SMILES string of the molecule is COc1ccc(OCCNC(=O)CNc2cc(C)on2)cc1. The van der Waals surface area contributed by atoms with E-state index in [-0.39, 0.29) is 12.5 Å². The molecule has 1 aromatic carbocycles. The van der Waals surface area contributed by atoms with Crippen LogP contribution in [0.25, 0.3) is 0 Å². The fraction of sp³-hybridized carbons (Fsp3) is 0.333. The van der Waals surface area contributed by atoms with Crippen LogP contribution in [0.4, 0.5) is 5.82 Å². The van der Waals surface area contributed by atoms with Gasteiger partial charge in [0, 0.05) is 6.07 Å². The van der Waals surface area contributed by atoms with Crippen LogP contribution in [0.3, 0.4) is 0 Å². The molecule has 118 valence electrons. The molecule has 0 saturated heterocycles. The molecule has 2 rings (SSSR count). The number of hydrogen-bond donors (Lipinski definition) is 2. The summed E-state index contributed by atoms with van der Waals surface area (Å²) in [5.41, 5.74) is 0. The second-order valence-corrected chi connectivity index (χ2v) is 4.55. The molecule has 1 heterocycles. The van der Waals surface area contributed by atoms with Crippen molar-refractivity contribution in [1.82, 2.24) is 10.5 Å². The van der Waals surface area contributed by atoms with Gasteiger partial charge in [0.2, 0.25) is 5.91 Å². The van der Waals surface area contributed by atoms with Crippen molar-refractivity contribution in [2.24, 2.45) is 0 Å². The van der Waals surface area contributed by atoms with E-state index in [1.807, 2.05) is 24.3 Å². The minimum absolute atomic E-state index is 0.133. The van der Waals surface area contributed by atoms with Crippen LogP contribution in [-0.2, 0) is 4.79 Å². The first-order valence-electron chi connectivity index (χ1n) is 6.88. The lowest BCUT2D eigenvalue weighted by Gasteiger charge is -2.08. The molecule has 0 saturated carbocycles. The van der Waals surface area contributed by atoms with Gasteiger partial charge in [-0.3, -0.25) is 4.79 Å². The first-order valence-corrected chi connectivity index (χ1v) is 6.88. The van der Waals surface area contributed by atoms with E-state index in [0.717, 1.165) is 11.5 Å². The van der Waals surface area contributed by atoms with Crippen molar-refractivity contribution < 1.29 is 18.8 Å². The highest BCUT2D eigenvalue weighted by Crippen LogP contribution is 2.16. The van der Waals surface area contributed by atoms with Gasteiger partial charge in [0.1, 0.15) is 23.9 Å². The van der Waals surface area contributed by atoms with Crippen molar-refractivity contribution in [2.75, 3.05) is 32.1 Å². The number of nitrogens with zero attached hydrogens (tertiary/aromatic N) is 1. The van der Waals surface area contributed by atoms with Gasteiger partial charge in [-0.25, -0.2) is 0 Å². The third-order valence-corrected chi connectivity index (χ3v) is 2.81. The second kappa shape index (κ2) is 7.92. The Labute approximate surface area is 128 Å². The van der Waals surface area contributed by atoms with Crippen LogP contribution in [-0.4, -0.2) is 37.9 Å². The van der Waals surface area contributed by atoms with Gasteiger partial charge in [-0.05, 0) is 31.2 Å². The van der Waals surface area contributed by atoms with Crippen molar-refractivity contribution in [2.45, 2.75) is 6.92 Å². The lowest BCUT2D eigenvalue weighted by Crippen LogP contribution is -2.33. The van der Waals surface area contributed by atoms with Crippen LogP contribution in [0.1, 0.15) is 5.76 Å². The largest absolute Gasteiger partial charge is 0.497 e. The zero-order valence-corrected chi connectivity index (χ0v) is 12.6. The van der Waals surface area contributed by atoms with E-state index in [2.05, 4.69) is 15.8 Å². The van der Waals surface area contributed by atoms with E-state index in [4.69, 9.17) is 14.0 Å². The number of anilines is 1. The van der Waals surface area contributed by atoms with Gasteiger partial charge >= 0.3 is 0 Å². The first kappa shape index (κ1) is 15.7. The number of hydrogen-bond acceptors (Lipinski definition) is 6. The summed E-state index contributed by atoms with van der Waals surface area (Å²) in [6, 6.07) is 8.99. The second-order valence-electron chi connectivity index (χ2n) is 4.55. The Hall–Kier alpha value is -2.70. The fourth-order valence-corrected chi connectivity index (χ4v) is 1.71. The van der Waals surface area contributed by atoms with Crippen LogP contribution in [0.15, 0.2) is 34.9 Å². The molecule has 0 aliphatic carbocycles. The smallest absolute Gasteiger partial charge is 0.239 e. The highest BCUT2D eigenvalue weighted by Gasteiger charge is 2.03. The van der Waals surface area contributed by atoms with Crippen LogP contribution in [0.2, 0.25) is 0 Å². The molecule has 2 aromatic rings. The van der Waals surface area contributed by atoms with Crippen LogP contribution < -0.4 is 20.1 Å². The number of methoxy groups -OCH3 is 1. The molecule has 7 heteroatoms. The molecule has 0 aliphatic heterocycles. The van der Waals surface area contributed by atoms with Crippen molar-refractivity contribution >= 4 is 11.7 Å². The van der Waals surface area contributed by atoms with Gasteiger partial charge in [-0.2, -0.15) is 0 Å². The lowest BCUT2D eigenvalue weighted by molar-refractivity contribution is -0.119. The number of aromatic nitrogens is 1. The standard InChI is InChI=1S/C15H19N3O4/c1-11-9-14(18-22-11)17-10-15(19)16-7-8-21-13-5-3-12(20-2)4-6-13/h3-6,9H,7-8,10H2,1-2H3,(H,16,19)(H,17,18). The Kier molecular flexibility index (Phi) is 5.65. The highest BCUT2D eigenvalue weighted by atomic mass is 16.5. The molecular formula is C15H19N3O4. The molecule has 0 fully saturated rings. The minimum atomic E-state index is -0.140. The van der Waals surface area contributed by atoms with Crippen molar-refractivity contribution in [3.05, 3.63) is 36.1 Å². The van der Waals surface area contributed by atoms with E-state index < -0.39 is 0 Å². The summed E-state index contributed by atoms with van der Waals surface area (Å²) in [5, 5.41) is 9.34. The van der Waals surface area contributed by atoms with Gasteiger partial charge in [-0.1, -0.05) is 5.16 Å². The van der Waals surface area contributed by atoms with Gasteiger partial charge < -0.3 is 24.6 Å². The summed E-state index contributed by atoms with van der Waals surface area (Å²) in [6.07, 6.45) is 0. The summed E-state index contributed by atoms with van der Waals surface area (Å²) in [6.45, 7) is 2.73. The molecule has 7 nitrogen and oxygen atoms in total. The maximum Gasteiger partial charge on any atom is 0.239 e. The molecule has 0 atom stereocenters. The Balaban J connectivity index is 1.60. The highest BCUT2D eigenvalue weighted by molar-refractivity contribution is 5.80. The van der Waals surface area contributed by atoms with E-state index in [0.29, 0.717) is 24.7 Å². The van der Waals surface area contributed by atoms with Gasteiger partial charge in [0.25, 0.3) is 0 Å². The summed E-state index contributed by atoms with van der Waals surface area (Å²) in [4.78, 5) is 11.6. The molecule has 0 radical (unpaired) electrons. The molecular weight excluding hydrogens is 286 g/mol. The van der Waals surface area contributed by atoms with Gasteiger partial charge in [0.15, 0.2) is 5.82 Å². The van der Waals surface area contributed by atoms with E-state index >= 15 is 0 Å². The number of aryl methyl sites for hydroxylation is 1. The van der Waals surface area contributed by atoms with Gasteiger partial charge in [-0.15, -0.1) is 0 Å². The predicted octanol–water partition coefficient (Wildman–Crippen LogP) is 1.60. The summed E-state index contributed by atoms with van der Waals surface area (Å²) < 4.78 is 15.5. The molecule has 2 N–H and O–H groups in total. The molecule has 0 spiro atoms. The number of carbonyl (C=O) groups excluding carboxylic acids is 1. The van der Waals surface area contributed by atoms with Crippen molar-refractivity contribution in [3.63, 3.8) is 0 Å². The zero-order valence-electron chi connectivity index (χ0n) is 12.6. The van der Waals surface area contributed by atoms with E-state index in [1.165, 1.54) is 0 Å². The number of amides is 1. The maximum atomic E-state index is 11.6. The lowest BCUT2D eigenvalue weighted by atomic mass is 10.3. The Bertz CT molecular complexity index is 595. The summed E-state index contributed by atoms with van der Waals surface area (Å²) in [7, 11) is 1.61. The molecule has 1 amide bonds.